The number of hydrogen-bond donors (Lipinski definition) is 1. The normalized spacial score (nSPS) is 11.4. The summed E-state index contributed by atoms with van der Waals surface area (Å²) in [6.45, 7) is 6.40. The molecule has 0 aliphatic rings. The van der Waals surface area contributed by atoms with Crippen molar-refractivity contribution >= 4 is 5.97 Å². The lowest BCUT2D eigenvalue weighted by Gasteiger charge is -2.19. The van der Waals surface area contributed by atoms with E-state index in [0.29, 0.717) is 19.8 Å². The molecule has 0 atom stereocenters. The molecule has 0 aromatic heterocycles. The van der Waals surface area contributed by atoms with Crippen LogP contribution in [0.4, 0.5) is 0 Å². The Bertz CT molecular complexity index is 151. The molecule has 0 aliphatic heterocycles. The van der Waals surface area contributed by atoms with Gasteiger partial charge in [0.05, 0.1) is 19.8 Å². The Kier molecular flexibility index (Phi) is 5.66. The molecule has 0 saturated carbocycles. The second kappa shape index (κ2) is 5.94. The quantitative estimate of drug-likeness (QED) is 0.397. The van der Waals surface area contributed by atoms with Crippen LogP contribution >= 0.6 is 0 Å². The van der Waals surface area contributed by atoms with Gasteiger partial charge in [0.15, 0.2) is 0 Å². The Balaban J connectivity index is 3.41. The van der Waals surface area contributed by atoms with Gasteiger partial charge in [-0.2, -0.15) is 0 Å². The predicted octanol–water partition coefficient (Wildman–Crippen LogP) is 0.912. The molecule has 78 valence electrons. The van der Waals surface area contributed by atoms with E-state index in [1.165, 1.54) is 0 Å². The van der Waals surface area contributed by atoms with Crippen LogP contribution in [-0.4, -0.2) is 32.0 Å². The maximum absolute atomic E-state index is 11.1. The second-order valence-electron chi connectivity index (χ2n) is 3.74. The molecular formula is C9H19NO3. The van der Waals surface area contributed by atoms with Crippen LogP contribution in [0.3, 0.4) is 0 Å². The summed E-state index contributed by atoms with van der Waals surface area (Å²) in [5, 5.41) is 2.82. The highest BCUT2D eigenvalue weighted by Crippen LogP contribution is 2.07. The average molecular weight is 189 g/mol. The van der Waals surface area contributed by atoms with E-state index < -0.39 is 5.60 Å². The van der Waals surface area contributed by atoms with Crippen molar-refractivity contribution < 1.29 is 14.3 Å². The van der Waals surface area contributed by atoms with E-state index in [0.717, 1.165) is 0 Å². The highest BCUT2D eigenvalue weighted by atomic mass is 16.6. The first-order valence-electron chi connectivity index (χ1n) is 4.40. The van der Waals surface area contributed by atoms with Crippen LogP contribution in [-0.2, 0) is 14.3 Å². The predicted molar refractivity (Wildman–Crippen MR) is 50.3 cm³/mol. The van der Waals surface area contributed by atoms with E-state index >= 15 is 0 Å². The van der Waals surface area contributed by atoms with Crippen LogP contribution in [0, 0.1) is 0 Å². The zero-order chi connectivity index (χ0) is 10.3. The average Bonchev–Trinajstić information content (AvgIpc) is 1.94. The Labute approximate surface area is 79.6 Å². The van der Waals surface area contributed by atoms with Gasteiger partial charge in [-0.25, -0.2) is 0 Å². The third-order valence-corrected chi connectivity index (χ3v) is 1.12. The van der Waals surface area contributed by atoms with E-state index in [4.69, 9.17) is 9.47 Å². The van der Waals surface area contributed by atoms with Crippen molar-refractivity contribution in [2.24, 2.45) is 0 Å². The van der Waals surface area contributed by atoms with Gasteiger partial charge in [-0.1, -0.05) is 0 Å². The SMILES string of the molecule is CNCOCCC(=O)OC(C)(C)C. The summed E-state index contributed by atoms with van der Waals surface area (Å²) in [4.78, 5) is 11.1. The lowest BCUT2D eigenvalue weighted by atomic mass is 10.2. The minimum atomic E-state index is -0.403. The fraction of sp³-hybridized carbons (Fsp3) is 0.889. The summed E-state index contributed by atoms with van der Waals surface area (Å²) in [6, 6.07) is 0. The van der Waals surface area contributed by atoms with Gasteiger partial charge in [-0.15, -0.1) is 0 Å². The number of rotatable bonds is 5. The minimum absolute atomic E-state index is 0.219. The number of carbonyl (C=O) groups excluding carboxylic acids is 1. The van der Waals surface area contributed by atoms with Gasteiger partial charge >= 0.3 is 5.97 Å². The molecule has 0 amide bonds. The molecule has 0 fully saturated rings. The van der Waals surface area contributed by atoms with E-state index in [-0.39, 0.29) is 5.97 Å². The van der Waals surface area contributed by atoms with Crippen LogP contribution in [0.5, 0.6) is 0 Å². The van der Waals surface area contributed by atoms with Crippen molar-refractivity contribution in [2.75, 3.05) is 20.4 Å². The van der Waals surface area contributed by atoms with E-state index in [1.807, 2.05) is 20.8 Å². The van der Waals surface area contributed by atoms with Gasteiger partial charge in [-0.3, -0.25) is 10.1 Å². The van der Waals surface area contributed by atoms with Crippen LogP contribution in [0.15, 0.2) is 0 Å². The molecule has 4 heteroatoms. The van der Waals surface area contributed by atoms with Crippen molar-refractivity contribution in [1.82, 2.24) is 5.32 Å². The topological polar surface area (TPSA) is 47.6 Å². The number of nitrogens with one attached hydrogen (secondary N) is 1. The Morgan fingerprint density at radius 2 is 2.00 bits per heavy atom. The minimum Gasteiger partial charge on any atom is -0.460 e. The first-order chi connectivity index (χ1) is 5.95. The molecule has 0 aromatic rings. The zero-order valence-electron chi connectivity index (χ0n) is 8.85. The standard InChI is InChI=1S/C9H19NO3/c1-9(2,3)13-8(11)5-6-12-7-10-4/h10H,5-7H2,1-4H3. The van der Waals surface area contributed by atoms with E-state index in [9.17, 15) is 4.79 Å². The van der Waals surface area contributed by atoms with Crippen LogP contribution in [0.2, 0.25) is 0 Å². The summed E-state index contributed by atoms with van der Waals surface area (Å²) in [5.41, 5.74) is -0.403. The second-order valence-corrected chi connectivity index (χ2v) is 3.74. The molecule has 0 rings (SSSR count). The van der Waals surface area contributed by atoms with Crippen LogP contribution in [0.1, 0.15) is 27.2 Å². The lowest BCUT2D eigenvalue weighted by molar-refractivity contribution is -0.156. The summed E-state index contributed by atoms with van der Waals surface area (Å²) < 4.78 is 10.1. The molecule has 4 nitrogen and oxygen atoms in total. The molecule has 0 bridgehead atoms. The van der Waals surface area contributed by atoms with Gasteiger partial charge in [0, 0.05) is 0 Å². The van der Waals surface area contributed by atoms with Crippen molar-refractivity contribution in [1.29, 1.82) is 0 Å². The number of hydrogen-bond acceptors (Lipinski definition) is 4. The van der Waals surface area contributed by atoms with Crippen molar-refractivity contribution in [3.8, 4) is 0 Å². The summed E-state index contributed by atoms with van der Waals surface area (Å²) in [7, 11) is 1.79. The zero-order valence-corrected chi connectivity index (χ0v) is 8.85. The molecule has 0 saturated heterocycles. The smallest absolute Gasteiger partial charge is 0.308 e. The highest BCUT2D eigenvalue weighted by molar-refractivity contribution is 5.69. The summed E-state index contributed by atoms with van der Waals surface area (Å²) in [5.74, 6) is -0.219. The first kappa shape index (κ1) is 12.4. The molecule has 0 unspecified atom stereocenters. The monoisotopic (exact) mass is 189 g/mol. The van der Waals surface area contributed by atoms with Crippen LogP contribution < -0.4 is 5.32 Å². The van der Waals surface area contributed by atoms with E-state index in [2.05, 4.69) is 5.32 Å². The third kappa shape index (κ3) is 9.30. The third-order valence-electron chi connectivity index (χ3n) is 1.12. The molecule has 1 N–H and O–H groups in total. The van der Waals surface area contributed by atoms with Crippen LogP contribution in [0.25, 0.3) is 0 Å². The lowest BCUT2D eigenvalue weighted by Crippen LogP contribution is -2.25. The molecule has 0 spiro atoms. The van der Waals surface area contributed by atoms with Crippen molar-refractivity contribution in [2.45, 2.75) is 32.8 Å². The largest absolute Gasteiger partial charge is 0.460 e. The molecule has 0 heterocycles. The Hall–Kier alpha value is -0.610. The fourth-order valence-corrected chi connectivity index (χ4v) is 0.722. The molecule has 13 heavy (non-hydrogen) atoms. The summed E-state index contributed by atoms with van der Waals surface area (Å²) >= 11 is 0. The molecule has 0 aromatic carbocycles. The van der Waals surface area contributed by atoms with Gasteiger partial charge in [-0.05, 0) is 27.8 Å². The number of ether oxygens (including phenoxy) is 2. The van der Waals surface area contributed by atoms with Gasteiger partial charge in [0.1, 0.15) is 5.60 Å². The number of carbonyl (C=O) groups is 1. The first-order valence-corrected chi connectivity index (χ1v) is 4.40. The fourth-order valence-electron chi connectivity index (χ4n) is 0.722. The molecule has 0 aliphatic carbocycles. The Morgan fingerprint density at radius 3 is 2.46 bits per heavy atom. The van der Waals surface area contributed by atoms with Crippen molar-refractivity contribution in [3.63, 3.8) is 0 Å². The summed E-state index contributed by atoms with van der Waals surface area (Å²) in [6.07, 6.45) is 0.305. The van der Waals surface area contributed by atoms with Gasteiger partial charge in [0.25, 0.3) is 0 Å². The van der Waals surface area contributed by atoms with Gasteiger partial charge in [0.2, 0.25) is 0 Å². The highest BCUT2D eigenvalue weighted by Gasteiger charge is 2.15. The van der Waals surface area contributed by atoms with Gasteiger partial charge < -0.3 is 9.47 Å². The van der Waals surface area contributed by atoms with Crippen molar-refractivity contribution in [3.05, 3.63) is 0 Å². The Morgan fingerprint density at radius 1 is 1.38 bits per heavy atom. The maximum Gasteiger partial charge on any atom is 0.308 e. The molecule has 0 radical (unpaired) electrons. The van der Waals surface area contributed by atoms with E-state index in [1.54, 1.807) is 7.05 Å². The maximum atomic E-state index is 11.1. The number of esters is 1. The molecular weight excluding hydrogens is 170 g/mol.